The number of rotatable bonds is 4. The molecule has 3 heteroatoms. The Labute approximate surface area is 103 Å². The third-order valence-corrected chi connectivity index (χ3v) is 3.96. The normalized spacial score (nSPS) is 20.4. The van der Waals surface area contributed by atoms with Crippen molar-refractivity contribution >= 4 is 0 Å². The molecule has 0 radical (unpaired) electrons. The number of nitrogens with one attached hydrogen (secondary N) is 1. The first-order chi connectivity index (χ1) is 8.22. The average molecular weight is 234 g/mol. The molecule has 0 spiro atoms. The molecular formula is C14H22N2O. The van der Waals surface area contributed by atoms with E-state index in [9.17, 15) is 0 Å². The zero-order chi connectivity index (χ0) is 12.3. The summed E-state index contributed by atoms with van der Waals surface area (Å²) in [6.07, 6.45) is 4.59. The van der Waals surface area contributed by atoms with E-state index < -0.39 is 0 Å². The molecule has 0 bridgehead atoms. The lowest BCUT2D eigenvalue weighted by atomic mass is 9.87. The molecule has 0 aliphatic heterocycles. The smallest absolute Gasteiger partial charge is 0.0885 e. The van der Waals surface area contributed by atoms with Crippen LogP contribution in [0, 0.1) is 6.92 Å². The molecule has 1 aliphatic carbocycles. The first-order valence-electron chi connectivity index (χ1n) is 6.30. The second kappa shape index (κ2) is 5.17. The van der Waals surface area contributed by atoms with Gasteiger partial charge in [0.25, 0.3) is 0 Å². The highest BCUT2D eigenvalue weighted by Gasteiger charge is 2.41. The molecule has 0 aromatic heterocycles. The highest BCUT2D eigenvalue weighted by molar-refractivity contribution is 5.26. The number of methoxy groups -OCH3 is 1. The molecular weight excluding hydrogens is 212 g/mol. The van der Waals surface area contributed by atoms with Crippen molar-refractivity contribution in [3.8, 4) is 0 Å². The highest BCUT2D eigenvalue weighted by Crippen LogP contribution is 2.42. The second-order valence-electron chi connectivity index (χ2n) is 4.99. The molecule has 1 aromatic carbocycles. The minimum Gasteiger partial charge on any atom is -0.376 e. The van der Waals surface area contributed by atoms with E-state index >= 15 is 0 Å². The number of hydrogen-bond acceptors (Lipinski definition) is 3. The Bertz CT molecular complexity index is 355. The fraction of sp³-hybridized carbons (Fsp3) is 0.571. The van der Waals surface area contributed by atoms with Gasteiger partial charge in [0.15, 0.2) is 0 Å². The maximum Gasteiger partial charge on any atom is 0.0885 e. The van der Waals surface area contributed by atoms with E-state index in [1.54, 1.807) is 7.11 Å². The SMILES string of the molecule is COC1(C(NN)c2ccc(C)cc2)CCCC1. The number of nitrogens with two attached hydrogens (primary N) is 1. The molecule has 0 amide bonds. The van der Waals surface area contributed by atoms with Crippen molar-refractivity contribution in [2.24, 2.45) is 5.84 Å². The first kappa shape index (κ1) is 12.6. The van der Waals surface area contributed by atoms with Crippen LogP contribution in [-0.2, 0) is 4.74 Å². The van der Waals surface area contributed by atoms with Crippen LogP contribution in [0.15, 0.2) is 24.3 Å². The summed E-state index contributed by atoms with van der Waals surface area (Å²) in [6, 6.07) is 8.60. The Kier molecular flexibility index (Phi) is 3.82. The molecule has 0 saturated heterocycles. The number of hydrazine groups is 1. The van der Waals surface area contributed by atoms with Crippen LogP contribution in [-0.4, -0.2) is 12.7 Å². The molecule has 1 aliphatic rings. The molecule has 1 aromatic rings. The van der Waals surface area contributed by atoms with E-state index in [2.05, 4.69) is 36.6 Å². The van der Waals surface area contributed by atoms with Gasteiger partial charge < -0.3 is 4.74 Å². The number of benzene rings is 1. The van der Waals surface area contributed by atoms with Crippen molar-refractivity contribution in [3.63, 3.8) is 0 Å². The highest BCUT2D eigenvalue weighted by atomic mass is 16.5. The van der Waals surface area contributed by atoms with Crippen molar-refractivity contribution < 1.29 is 4.74 Å². The Morgan fingerprint density at radius 2 is 1.82 bits per heavy atom. The van der Waals surface area contributed by atoms with Gasteiger partial charge in [-0.1, -0.05) is 42.7 Å². The summed E-state index contributed by atoms with van der Waals surface area (Å²) in [6.45, 7) is 2.09. The summed E-state index contributed by atoms with van der Waals surface area (Å²) < 4.78 is 5.79. The first-order valence-corrected chi connectivity index (χ1v) is 6.30. The molecule has 0 heterocycles. The van der Waals surface area contributed by atoms with Crippen LogP contribution in [0.25, 0.3) is 0 Å². The molecule has 3 N–H and O–H groups in total. The summed E-state index contributed by atoms with van der Waals surface area (Å²) in [5.74, 6) is 5.75. The van der Waals surface area contributed by atoms with Crippen molar-refractivity contribution in [1.29, 1.82) is 0 Å². The fourth-order valence-electron chi connectivity index (χ4n) is 2.89. The summed E-state index contributed by atoms with van der Waals surface area (Å²) in [4.78, 5) is 0. The third kappa shape index (κ3) is 2.37. The monoisotopic (exact) mass is 234 g/mol. The molecule has 1 atom stereocenters. The standard InChI is InChI=1S/C14H22N2O/c1-11-5-7-12(8-6-11)13(16-15)14(17-2)9-3-4-10-14/h5-8,13,16H,3-4,9-10,15H2,1-2H3. The van der Waals surface area contributed by atoms with Gasteiger partial charge >= 0.3 is 0 Å². The molecule has 3 nitrogen and oxygen atoms in total. The van der Waals surface area contributed by atoms with E-state index in [-0.39, 0.29) is 11.6 Å². The molecule has 1 fully saturated rings. The molecule has 17 heavy (non-hydrogen) atoms. The lowest BCUT2D eigenvalue weighted by Gasteiger charge is -2.36. The van der Waals surface area contributed by atoms with Gasteiger partial charge in [-0.25, -0.2) is 0 Å². The van der Waals surface area contributed by atoms with Gasteiger partial charge in [-0.05, 0) is 25.3 Å². The van der Waals surface area contributed by atoms with E-state index in [0.717, 1.165) is 12.8 Å². The van der Waals surface area contributed by atoms with Crippen molar-refractivity contribution in [3.05, 3.63) is 35.4 Å². The summed E-state index contributed by atoms with van der Waals surface area (Å²) in [5.41, 5.74) is 5.29. The van der Waals surface area contributed by atoms with Crippen LogP contribution in [0.3, 0.4) is 0 Å². The van der Waals surface area contributed by atoms with Crippen molar-refractivity contribution in [1.82, 2.24) is 5.43 Å². The van der Waals surface area contributed by atoms with E-state index in [0.29, 0.717) is 0 Å². The van der Waals surface area contributed by atoms with E-state index in [1.807, 2.05) is 0 Å². The Morgan fingerprint density at radius 3 is 2.29 bits per heavy atom. The topological polar surface area (TPSA) is 47.3 Å². The number of ether oxygens (including phenoxy) is 1. The van der Waals surface area contributed by atoms with Crippen LogP contribution in [0.2, 0.25) is 0 Å². The van der Waals surface area contributed by atoms with Gasteiger partial charge in [0.2, 0.25) is 0 Å². The maximum absolute atomic E-state index is 5.79. The summed E-state index contributed by atoms with van der Waals surface area (Å²) >= 11 is 0. The van der Waals surface area contributed by atoms with Crippen molar-refractivity contribution in [2.45, 2.75) is 44.2 Å². The van der Waals surface area contributed by atoms with Crippen LogP contribution in [0.4, 0.5) is 0 Å². The fourth-order valence-corrected chi connectivity index (χ4v) is 2.89. The maximum atomic E-state index is 5.79. The lowest BCUT2D eigenvalue weighted by Crippen LogP contribution is -2.46. The van der Waals surface area contributed by atoms with Crippen LogP contribution >= 0.6 is 0 Å². The molecule has 1 saturated carbocycles. The van der Waals surface area contributed by atoms with Crippen LogP contribution < -0.4 is 11.3 Å². The van der Waals surface area contributed by atoms with Gasteiger partial charge in [0.1, 0.15) is 0 Å². The molecule has 2 rings (SSSR count). The predicted octanol–water partition coefficient (Wildman–Crippen LogP) is 2.46. The Balaban J connectivity index is 2.28. The van der Waals surface area contributed by atoms with Gasteiger partial charge in [0.05, 0.1) is 11.6 Å². The van der Waals surface area contributed by atoms with Gasteiger partial charge in [0, 0.05) is 7.11 Å². The van der Waals surface area contributed by atoms with Gasteiger partial charge in [-0.2, -0.15) is 0 Å². The van der Waals surface area contributed by atoms with Crippen LogP contribution in [0.5, 0.6) is 0 Å². The van der Waals surface area contributed by atoms with Gasteiger partial charge in [-0.3, -0.25) is 11.3 Å². The minimum atomic E-state index is -0.135. The number of aryl methyl sites for hydroxylation is 1. The van der Waals surface area contributed by atoms with E-state index in [4.69, 9.17) is 10.6 Å². The zero-order valence-corrected chi connectivity index (χ0v) is 10.7. The van der Waals surface area contributed by atoms with E-state index in [1.165, 1.54) is 24.0 Å². The van der Waals surface area contributed by atoms with Crippen molar-refractivity contribution in [2.75, 3.05) is 7.11 Å². The Morgan fingerprint density at radius 1 is 1.24 bits per heavy atom. The zero-order valence-electron chi connectivity index (χ0n) is 10.7. The second-order valence-corrected chi connectivity index (χ2v) is 4.99. The number of hydrogen-bond donors (Lipinski definition) is 2. The minimum absolute atomic E-state index is 0.0793. The molecule has 1 unspecified atom stereocenters. The van der Waals surface area contributed by atoms with Crippen LogP contribution in [0.1, 0.15) is 42.9 Å². The average Bonchev–Trinajstić information content (AvgIpc) is 2.82. The largest absolute Gasteiger partial charge is 0.376 e. The molecule has 94 valence electrons. The quantitative estimate of drug-likeness (QED) is 0.621. The predicted molar refractivity (Wildman–Crippen MR) is 69.5 cm³/mol. The summed E-state index contributed by atoms with van der Waals surface area (Å²) in [7, 11) is 1.80. The van der Waals surface area contributed by atoms with Gasteiger partial charge in [-0.15, -0.1) is 0 Å². The third-order valence-electron chi connectivity index (χ3n) is 3.96. The lowest BCUT2D eigenvalue weighted by molar-refractivity contribution is -0.0368. The Hall–Kier alpha value is -0.900. The summed E-state index contributed by atoms with van der Waals surface area (Å²) in [5, 5.41) is 0.